The predicted octanol–water partition coefficient (Wildman–Crippen LogP) is 2.44. The number of halogens is 1. The minimum Gasteiger partial charge on any atom is -0.397 e. The van der Waals surface area contributed by atoms with Crippen molar-refractivity contribution in [1.29, 1.82) is 0 Å². The third-order valence-corrected chi connectivity index (χ3v) is 3.79. The van der Waals surface area contributed by atoms with Gasteiger partial charge in [-0.05, 0) is 31.0 Å². The van der Waals surface area contributed by atoms with Crippen LogP contribution in [-0.2, 0) is 4.74 Å². The van der Waals surface area contributed by atoms with Crippen LogP contribution in [0.25, 0.3) is 0 Å². The third kappa shape index (κ3) is 4.10. The molecule has 1 aromatic carbocycles. The van der Waals surface area contributed by atoms with Crippen LogP contribution in [0.5, 0.6) is 0 Å². The Morgan fingerprint density at radius 3 is 2.84 bits per heavy atom. The molecule has 0 unspecified atom stereocenters. The van der Waals surface area contributed by atoms with Gasteiger partial charge in [0.25, 0.3) is 0 Å². The molecule has 10 heteroatoms. The van der Waals surface area contributed by atoms with E-state index in [0.29, 0.717) is 18.9 Å². The number of nitrogens with zero attached hydrogens (tertiary/aromatic N) is 3. The van der Waals surface area contributed by atoms with E-state index in [4.69, 9.17) is 10.5 Å². The van der Waals surface area contributed by atoms with Crippen molar-refractivity contribution in [3.8, 4) is 0 Å². The summed E-state index contributed by atoms with van der Waals surface area (Å²) in [7, 11) is 0. The summed E-state index contributed by atoms with van der Waals surface area (Å²) in [5, 5.41) is 17.0. The number of hydrogen-bond donors (Lipinski definition) is 3. The normalized spacial score (nSPS) is 14.9. The van der Waals surface area contributed by atoms with Gasteiger partial charge in [0.2, 0.25) is 11.8 Å². The van der Waals surface area contributed by atoms with Gasteiger partial charge in [-0.2, -0.15) is 4.98 Å². The second kappa shape index (κ2) is 7.26. The van der Waals surface area contributed by atoms with Crippen molar-refractivity contribution in [2.24, 2.45) is 0 Å². The number of nitrogens with one attached hydrogen (secondary N) is 2. The molecule has 0 radical (unpaired) electrons. The number of nitrogens with two attached hydrogens (primary N) is 1. The number of anilines is 4. The maximum absolute atomic E-state index is 13.4. The topological polar surface area (TPSA) is 128 Å². The first kappa shape index (κ1) is 16.8. The number of nitro groups is 1. The van der Waals surface area contributed by atoms with Gasteiger partial charge in [0.15, 0.2) is 0 Å². The molecular weight excluding hydrogens is 331 g/mol. The molecule has 3 rings (SSSR count). The van der Waals surface area contributed by atoms with Gasteiger partial charge in [-0.25, -0.2) is 9.37 Å². The summed E-state index contributed by atoms with van der Waals surface area (Å²) in [5.74, 6) is -0.291. The Hall–Kier alpha value is -3.01. The third-order valence-electron chi connectivity index (χ3n) is 3.79. The highest BCUT2D eigenvalue weighted by Gasteiger charge is 2.22. The number of rotatable bonds is 5. The number of hydrogen-bond acceptors (Lipinski definition) is 8. The molecule has 1 aliphatic rings. The standard InChI is InChI=1S/C15H17FN6O3/c16-9-1-2-11(17)12(7-9)20-15-18-8-13(22(23)24)14(21-15)19-10-3-5-25-6-4-10/h1-2,7-8,10H,3-6,17H2,(H2,18,19,20,21). The molecular formula is C15H17FN6O3. The molecule has 2 heterocycles. The smallest absolute Gasteiger partial charge is 0.329 e. The average molecular weight is 348 g/mol. The highest BCUT2D eigenvalue weighted by atomic mass is 19.1. The summed E-state index contributed by atoms with van der Waals surface area (Å²) in [6, 6.07) is 3.86. The molecule has 4 N–H and O–H groups in total. The molecule has 9 nitrogen and oxygen atoms in total. The predicted molar refractivity (Wildman–Crippen MR) is 90.2 cm³/mol. The van der Waals surface area contributed by atoms with Crippen LogP contribution in [0.15, 0.2) is 24.4 Å². The van der Waals surface area contributed by atoms with Crippen LogP contribution in [0.4, 0.5) is 33.2 Å². The van der Waals surface area contributed by atoms with Gasteiger partial charge in [-0.15, -0.1) is 0 Å². The Balaban J connectivity index is 1.86. The fraction of sp³-hybridized carbons (Fsp3) is 0.333. The van der Waals surface area contributed by atoms with E-state index in [2.05, 4.69) is 20.6 Å². The van der Waals surface area contributed by atoms with Crippen molar-refractivity contribution < 1.29 is 14.1 Å². The Morgan fingerprint density at radius 2 is 2.12 bits per heavy atom. The zero-order valence-electron chi connectivity index (χ0n) is 13.2. The van der Waals surface area contributed by atoms with Crippen LogP contribution in [0.1, 0.15) is 12.8 Å². The van der Waals surface area contributed by atoms with E-state index in [1.165, 1.54) is 18.2 Å². The van der Waals surface area contributed by atoms with Crippen LogP contribution in [0.2, 0.25) is 0 Å². The molecule has 2 aromatic rings. The Kier molecular flexibility index (Phi) is 4.89. The molecule has 0 atom stereocenters. The van der Waals surface area contributed by atoms with Crippen molar-refractivity contribution in [3.05, 3.63) is 40.3 Å². The summed E-state index contributed by atoms with van der Waals surface area (Å²) < 4.78 is 18.6. The first-order valence-electron chi connectivity index (χ1n) is 7.70. The molecule has 132 valence electrons. The zero-order chi connectivity index (χ0) is 17.8. The highest BCUT2D eigenvalue weighted by Crippen LogP contribution is 2.27. The van der Waals surface area contributed by atoms with E-state index in [0.717, 1.165) is 19.0 Å². The monoisotopic (exact) mass is 348 g/mol. The Morgan fingerprint density at radius 1 is 1.36 bits per heavy atom. The lowest BCUT2D eigenvalue weighted by atomic mass is 10.1. The van der Waals surface area contributed by atoms with E-state index in [-0.39, 0.29) is 29.2 Å². The first-order valence-corrected chi connectivity index (χ1v) is 7.70. The van der Waals surface area contributed by atoms with Crippen molar-refractivity contribution in [2.45, 2.75) is 18.9 Å². The number of aromatic nitrogens is 2. The van der Waals surface area contributed by atoms with Crippen LogP contribution in [0.3, 0.4) is 0 Å². The fourth-order valence-corrected chi connectivity index (χ4v) is 2.47. The lowest BCUT2D eigenvalue weighted by molar-refractivity contribution is -0.384. The Labute approximate surface area is 142 Å². The van der Waals surface area contributed by atoms with Gasteiger partial charge < -0.3 is 21.1 Å². The SMILES string of the molecule is Nc1ccc(F)cc1Nc1ncc([N+](=O)[O-])c(NC2CCOCC2)n1. The van der Waals surface area contributed by atoms with Crippen LogP contribution >= 0.6 is 0 Å². The molecule has 0 spiro atoms. The van der Waals surface area contributed by atoms with E-state index in [9.17, 15) is 14.5 Å². The van der Waals surface area contributed by atoms with E-state index in [1.54, 1.807) is 0 Å². The lowest BCUT2D eigenvalue weighted by Gasteiger charge is -2.23. The summed E-state index contributed by atoms with van der Waals surface area (Å²) in [5.41, 5.74) is 6.14. The minimum absolute atomic E-state index is 0.0226. The largest absolute Gasteiger partial charge is 0.397 e. The molecule has 1 aliphatic heterocycles. The number of nitrogen functional groups attached to an aromatic ring is 1. The van der Waals surface area contributed by atoms with Crippen LogP contribution in [0, 0.1) is 15.9 Å². The van der Waals surface area contributed by atoms with E-state index >= 15 is 0 Å². The van der Waals surface area contributed by atoms with Gasteiger partial charge in [0.05, 0.1) is 16.3 Å². The molecule has 0 bridgehead atoms. The van der Waals surface area contributed by atoms with Crippen LogP contribution < -0.4 is 16.4 Å². The molecule has 0 saturated carbocycles. The maximum atomic E-state index is 13.4. The quantitative estimate of drug-likeness (QED) is 0.427. The second-order valence-electron chi connectivity index (χ2n) is 5.57. The molecule has 0 amide bonds. The lowest BCUT2D eigenvalue weighted by Crippen LogP contribution is -2.28. The van der Waals surface area contributed by atoms with Gasteiger partial charge in [-0.3, -0.25) is 10.1 Å². The van der Waals surface area contributed by atoms with Gasteiger partial charge in [0.1, 0.15) is 12.0 Å². The van der Waals surface area contributed by atoms with E-state index < -0.39 is 10.7 Å². The maximum Gasteiger partial charge on any atom is 0.329 e. The number of benzene rings is 1. The average Bonchev–Trinajstić information content (AvgIpc) is 2.59. The van der Waals surface area contributed by atoms with Crippen molar-refractivity contribution in [1.82, 2.24) is 9.97 Å². The number of ether oxygens (including phenoxy) is 1. The molecule has 0 aliphatic carbocycles. The van der Waals surface area contributed by atoms with Crippen LogP contribution in [-0.4, -0.2) is 34.1 Å². The molecule has 1 aromatic heterocycles. The summed E-state index contributed by atoms with van der Waals surface area (Å²) >= 11 is 0. The van der Waals surface area contributed by atoms with Crippen molar-refractivity contribution >= 4 is 28.8 Å². The molecule has 1 fully saturated rings. The van der Waals surface area contributed by atoms with Gasteiger partial charge in [0, 0.05) is 19.3 Å². The first-order chi connectivity index (χ1) is 12.0. The van der Waals surface area contributed by atoms with Crippen molar-refractivity contribution in [2.75, 3.05) is 29.6 Å². The summed E-state index contributed by atoms with van der Waals surface area (Å²) in [6.45, 7) is 1.17. The minimum atomic E-state index is -0.554. The second-order valence-corrected chi connectivity index (χ2v) is 5.57. The fourth-order valence-electron chi connectivity index (χ4n) is 2.47. The zero-order valence-corrected chi connectivity index (χ0v) is 13.2. The highest BCUT2D eigenvalue weighted by molar-refractivity contribution is 5.71. The van der Waals surface area contributed by atoms with Crippen molar-refractivity contribution in [3.63, 3.8) is 0 Å². The Bertz CT molecular complexity index is 782. The molecule has 1 saturated heterocycles. The van der Waals surface area contributed by atoms with Gasteiger partial charge in [-0.1, -0.05) is 0 Å². The summed E-state index contributed by atoms with van der Waals surface area (Å²) in [6.07, 6.45) is 2.55. The van der Waals surface area contributed by atoms with Gasteiger partial charge >= 0.3 is 5.69 Å². The molecule has 25 heavy (non-hydrogen) atoms. The summed E-state index contributed by atoms with van der Waals surface area (Å²) in [4.78, 5) is 18.7. The van der Waals surface area contributed by atoms with E-state index in [1.807, 2.05) is 0 Å².